The molecule has 35 heavy (non-hydrogen) atoms. The van der Waals surface area contributed by atoms with Crippen molar-refractivity contribution >= 4 is 33.3 Å². The first-order chi connectivity index (χ1) is 16.5. The molecule has 8 heteroatoms. The molecule has 0 saturated heterocycles. The van der Waals surface area contributed by atoms with E-state index in [0.717, 1.165) is 5.70 Å². The van der Waals surface area contributed by atoms with Crippen molar-refractivity contribution in [3.63, 3.8) is 0 Å². The molecule has 1 atom stereocenters. The summed E-state index contributed by atoms with van der Waals surface area (Å²) in [4.78, 5) is 27.2. The summed E-state index contributed by atoms with van der Waals surface area (Å²) in [6.45, 7) is 5.94. The number of amides is 1. The van der Waals surface area contributed by atoms with Crippen molar-refractivity contribution < 1.29 is 23.5 Å². The highest BCUT2D eigenvalue weighted by atomic mass is 79.9. The number of anilines is 1. The van der Waals surface area contributed by atoms with Gasteiger partial charge in [-0.1, -0.05) is 13.8 Å². The number of rotatable bonds is 5. The van der Waals surface area contributed by atoms with E-state index in [4.69, 9.17) is 9.47 Å². The number of halogens is 2. The van der Waals surface area contributed by atoms with E-state index in [0.29, 0.717) is 56.9 Å². The molecule has 0 bridgehead atoms. The Labute approximate surface area is 212 Å². The summed E-state index contributed by atoms with van der Waals surface area (Å²) in [5, 5.41) is 6.20. The minimum atomic E-state index is -0.674. The minimum Gasteiger partial charge on any atom is -0.496 e. The first kappa shape index (κ1) is 25.0. The maximum atomic E-state index is 13.7. The predicted molar refractivity (Wildman–Crippen MR) is 136 cm³/mol. The van der Waals surface area contributed by atoms with Crippen LogP contribution in [-0.4, -0.2) is 25.9 Å². The van der Waals surface area contributed by atoms with Gasteiger partial charge < -0.3 is 20.1 Å². The summed E-state index contributed by atoms with van der Waals surface area (Å²) in [5.41, 5.74) is 3.30. The lowest BCUT2D eigenvalue weighted by molar-refractivity contribution is -0.118. The number of Topliss-reactive ketones (excluding diaryl/α,β-unsaturated/α-hetero) is 1. The predicted octanol–water partition coefficient (Wildman–Crippen LogP) is 5.85. The van der Waals surface area contributed by atoms with Gasteiger partial charge in [-0.2, -0.15) is 0 Å². The van der Waals surface area contributed by atoms with Gasteiger partial charge in [-0.3, -0.25) is 9.59 Å². The zero-order chi connectivity index (χ0) is 25.5. The number of ether oxygens (including phenoxy) is 2. The Hall–Kier alpha value is -3.13. The van der Waals surface area contributed by atoms with E-state index < -0.39 is 11.7 Å². The molecule has 4 rings (SSSR count). The summed E-state index contributed by atoms with van der Waals surface area (Å²) in [6.07, 6.45) is 1.04. The molecule has 1 heterocycles. The Bertz CT molecular complexity index is 1260. The van der Waals surface area contributed by atoms with Gasteiger partial charge in [-0.15, -0.1) is 0 Å². The molecule has 2 aliphatic rings. The van der Waals surface area contributed by atoms with E-state index in [1.165, 1.54) is 24.3 Å². The van der Waals surface area contributed by atoms with Crippen LogP contribution >= 0.6 is 15.9 Å². The number of dihydropyridines is 1. The molecule has 1 amide bonds. The molecule has 1 aliphatic heterocycles. The third-order valence-corrected chi connectivity index (χ3v) is 7.02. The second kappa shape index (κ2) is 9.49. The minimum absolute atomic E-state index is 0.0164. The van der Waals surface area contributed by atoms with Crippen molar-refractivity contribution in [1.82, 2.24) is 5.32 Å². The molecule has 184 valence electrons. The van der Waals surface area contributed by atoms with Gasteiger partial charge >= 0.3 is 0 Å². The Morgan fingerprint density at radius 1 is 1.11 bits per heavy atom. The van der Waals surface area contributed by atoms with Gasteiger partial charge in [-0.05, 0) is 71.1 Å². The molecule has 2 aromatic rings. The Kier molecular flexibility index (Phi) is 6.77. The van der Waals surface area contributed by atoms with Crippen molar-refractivity contribution in [2.75, 3.05) is 19.5 Å². The maximum Gasteiger partial charge on any atom is 0.254 e. The highest BCUT2D eigenvalue weighted by Gasteiger charge is 2.43. The van der Waals surface area contributed by atoms with Gasteiger partial charge in [0.2, 0.25) is 0 Å². The molecule has 1 aliphatic carbocycles. The summed E-state index contributed by atoms with van der Waals surface area (Å²) in [6, 6.07) is 9.13. The van der Waals surface area contributed by atoms with Crippen LogP contribution in [0.15, 0.2) is 63.4 Å². The molecule has 0 saturated carbocycles. The monoisotopic (exact) mass is 542 g/mol. The Morgan fingerprint density at radius 2 is 1.77 bits per heavy atom. The second-order valence-corrected chi connectivity index (χ2v) is 10.5. The van der Waals surface area contributed by atoms with Crippen molar-refractivity contribution in [2.45, 2.75) is 39.5 Å². The highest BCUT2D eigenvalue weighted by Crippen LogP contribution is 2.50. The van der Waals surface area contributed by atoms with E-state index >= 15 is 0 Å². The van der Waals surface area contributed by atoms with Gasteiger partial charge in [0.25, 0.3) is 5.91 Å². The highest BCUT2D eigenvalue weighted by molar-refractivity contribution is 9.10. The third-order valence-electron chi connectivity index (χ3n) is 6.40. The average molecular weight is 543 g/mol. The van der Waals surface area contributed by atoms with E-state index in [1.54, 1.807) is 26.4 Å². The summed E-state index contributed by atoms with van der Waals surface area (Å²) >= 11 is 3.49. The zero-order valence-electron chi connectivity index (χ0n) is 20.3. The number of allylic oxidation sites excluding steroid dienone is 3. The van der Waals surface area contributed by atoms with Crippen LogP contribution in [0.4, 0.5) is 10.1 Å². The van der Waals surface area contributed by atoms with Crippen LogP contribution < -0.4 is 20.1 Å². The quantitative estimate of drug-likeness (QED) is 0.495. The molecule has 0 unspecified atom stereocenters. The summed E-state index contributed by atoms with van der Waals surface area (Å²) in [5.74, 6) is -0.397. The lowest BCUT2D eigenvalue weighted by atomic mass is 9.68. The fourth-order valence-corrected chi connectivity index (χ4v) is 5.37. The summed E-state index contributed by atoms with van der Waals surface area (Å²) < 4.78 is 25.3. The topological polar surface area (TPSA) is 76.7 Å². The number of carbonyl (C=O) groups excluding carboxylic acids is 2. The number of methoxy groups -OCH3 is 2. The number of ketones is 1. The third kappa shape index (κ3) is 4.85. The molecule has 0 spiro atoms. The van der Waals surface area contributed by atoms with Gasteiger partial charge in [0.05, 0.1) is 24.6 Å². The number of carbonyl (C=O) groups is 2. The Balaban J connectivity index is 1.90. The number of benzene rings is 2. The Morgan fingerprint density at radius 3 is 2.40 bits per heavy atom. The van der Waals surface area contributed by atoms with Crippen LogP contribution in [0.25, 0.3) is 0 Å². The van der Waals surface area contributed by atoms with E-state index in [2.05, 4.69) is 40.4 Å². The molecule has 0 fully saturated rings. The van der Waals surface area contributed by atoms with Gasteiger partial charge in [0, 0.05) is 40.2 Å². The van der Waals surface area contributed by atoms with Crippen LogP contribution in [0.1, 0.15) is 45.1 Å². The van der Waals surface area contributed by atoms with E-state index in [9.17, 15) is 14.0 Å². The number of hydrogen-bond acceptors (Lipinski definition) is 5. The average Bonchev–Trinajstić information content (AvgIpc) is 2.78. The molecule has 2 N–H and O–H groups in total. The largest absolute Gasteiger partial charge is 0.496 e. The van der Waals surface area contributed by atoms with Crippen LogP contribution in [0.2, 0.25) is 0 Å². The van der Waals surface area contributed by atoms with Gasteiger partial charge in [0.1, 0.15) is 17.3 Å². The van der Waals surface area contributed by atoms with Crippen molar-refractivity contribution in [3.05, 3.63) is 74.8 Å². The molecule has 2 aromatic carbocycles. The lowest BCUT2D eigenvalue weighted by Crippen LogP contribution is -2.39. The number of nitrogens with one attached hydrogen (secondary N) is 2. The molecule has 0 radical (unpaired) electrons. The van der Waals surface area contributed by atoms with Crippen LogP contribution in [0.5, 0.6) is 11.5 Å². The van der Waals surface area contributed by atoms with E-state index in [1.807, 2.05) is 6.92 Å². The maximum absolute atomic E-state index is 13.7. The van der Waals surface area contributed by atoms with Crippen molar-refractivity contribution in [1.29, 1.82) is 0 Å². The van der Waals surface area contributed by atoms with Crippen LogP contribution in [-0.2, 0) is 9.59 Å². The second-order valence-electron chi connectivity index (χ2n) is 9.62. The first-order valence-electron chi connectivity index (χ1n) is 11.3. The number of hydrogen-bond donors (Lipinski definition) is 2. The van der Waals surface area contributed by atoms with Crippen LogP contribution in [0, 0.1) is 11.2 Å². The van der Waals surface area contributed by atoms with Crippen LogP contribution in [0.3, 0.4) is 0 Å². The molecular weight excluding hydrogens is 515 g/mol. The fourth-order valence-electron chi connectivity index (χ4n) is 4.89. The first-order valence-corrected chi connectivity index (χ1v) is 12.1. The smallest absolute Gasteiger partial charge is 0.254 e. The lowest BCUT2D eigenvalue weighted by Gasteiger charge is -2.40. The molecular formula is C27H28BrFN2O4. The summed E-state index contributed by atoms with van der Waals surface area (Å²) in [7, 11) is 3.11. The van der Waals surface area contributed by atoms with Gasteiger partial charge in [0.15, 0.2) is 5.78 Å². The zero-order valence-corrected chi connectivity index (χ0v) is 21.9. The fraction of sp³-hybridized carbons (Fsp3) is 0.333. The molecule has 0 aromatic heterocycles. The normalized spacial score (nSPS) is 19.2. The SMILES string of the molecule is COc1cc([C@H]2C(C(=O)Nc3ccc(F)cc3)=C(C)NC3=C2C(=O)CC(C)(C)C3)c(OC)cc1Br. The van der Waals surface area contributed by atoms with Crippen molar-refractivity contribution in [2.24, 2.45) is 5.41 Å². The molecule has 6 nitrogen and oxygen atoms in total. The van der Waals surface area contributed by atoms with Gasteiger partial charge in [-0.25, -0.2) is 4.39 Å². The van der Waals surface area contributed by atoms with Crippen molar-refractivity contribution in [3.8, 4) is 11.5 Å². The van der Waals surface area contributed by atoms with E-state index in [-0.39, 0.29) is 17.1 Å². The standard InChI is InChI=1S/C27H28BrFN2O4/c1-14-23(26(33)31-16-8-6-15(29)7-9-16)24(17-10-22(35-5)18(28)11-21(17)34-4)25-19(30-14)12-27(2,3)13-20(25)32/h6-11,24,30H,12-13H2,1-5H3,(H,31,33)/t24-/m0/s1.